The maximum atomic E-state index is 10.6. The maximum Gasteiger partial charge on any atom is 0.151 e. The third kappa shape index (κ3) is 3.88. The lowest BCUT2D eigenvalue weighted by atomic mass is 10.2. The molecule has 0 heterocycles. The fourth-order valence-corrected chi connectivity index (χ4v) is 2.42. The minimum atomic E-state index is 0.541. The summed E-state index contributed by atoms with van der Waals surface area (Å²) >= 11 is 7.72. The predicted octanol–water partition coefficient (Wildman–Crippen LogP) is 4.29. The van der Waals surface area contributed by atoms with Crippen molar-refractivity contribution in [2.24, 2.45) is 5.92 Å². The van der Waals surface area contributed by atoms with Gasteiger partial charge in [-0.1, -0.05) is 31.9 Å². The molecule has 0 fully saturated rings. The van der Waals surface area contributed by atoms with Crippen molar-refractivity contribution in [1.82, 2.24) is 0 Å². The van der Waals surface area contributed by atoms with Crippen LogP contribution in [0.25, 0.3) is 0 Å². The van der Waals surface area contributed by atoms with Gasteiger partial charge in [0.2, 0.25) is 0 Å². The van der Waals surface area contributed by atoms with E-state index in [1.54, 1.807) is 17.8 Å². The number of carbonyl (C=O) groups excluding carboxylic acids is 1. The van der Waals surface area contributed by atoms with E-state index in [9.17, 15) is 4.79 Å². The number of hydrogen-bond donors (Lipinski definition) is 0. The number of halogens is 1. The topological polar surface area (TPSA) is 17.1 Å². The van der Waals surface area contributed by atoms with Crippen LogP contribution in [0.5, 0.6) is 0 Å². The number of rotatable bonds is 5. The molecule has 82 valence electrons. The fraction of sp³-hybridized carbons (Fsp3) is 0.417. The first-order valence-corrected chi connectivity index (χ1v) is 6.41. The number of carbonyl (C=O) groups is 1. The Morgan fingerprint density at radius 2 is 2.27 bits per heavy atom. The molecule has 0 aromatic heterocycles. The molecule has 0 spiro atoms. The van der Waals surface area contributed by atoms with Crippen LogP contribution < -0.4 is 0 Å². The highest BCUT2D eigenvalue weighted by molar-refractivity contribution is 7.99. The molecule has 0 radical (unpaired) electrons. The van der Waals surface area contributed by atoms with E-state index in [1.165, 1.54) is 6.42 Å². The van der Waals surface area contributed by atoms with Crippen LogP contribution in [0, 0.1) is 5.92 Å². The molecule has 0 saturated heterocycles. The second kappa shape index (κ2) is 6.19. The van der Waals surface area contributed by atoms with Gasteiger partial charge in [0.15, 0.2) is 6.29 Å². The number of thioether (sulfide) groups is 1. The van der Waals surface area contributed by atoms with Gasteiger partial charge in [-0.2, -0.15) is 0 Å². The van der Waals surface area contributed by atoms with Crippen LogP contribution in [0.4, 0.5) is 0 Å². The van der Waals surface area contributed by atoms with Gasteiger partial charge in [0.1, 0.15) is 0 Å². The molecule has 1 atom stereocenters. The van der Waals surface area contributed by atoms with E-state index in [0.29, 0.717) is 16.5 Å². The predicted molar refractivity (Wildman–Crippen MR) is 67.0 cm³/mol. The quantitative estimate of drug-likeness (QED) is 0.566. The maximum absolute atomic E-state index is 10.6. The molecule has 0 bridgehead atoms. The van der Waals surface area contributed by atoms with Crippen molar-refractivity contribution < 1.29 is 4.79 Å². The van der Waals surface area contributed by atoms with Crippen LogP contribution in [0.1, 0.15) is 30.6 Å². The molecule has 1 nitrogen and oxygen atoms in total. The van der Waals surface area contributed by atoms with E-state index in [2.05, 4.69) is 13.8 Å². The fourth-order valence-electron chi connectivity index (χ4n) is 1.05. The van der Waals surface area contributed by atoms with Gasteiger partial charge in [0, 0.05) is 16.2 Å². The summed E-state index contributed by atoms with van der Waals surface area (Å²) < 4.78 is 0. The molecular formula is C12H15ClOS. The Bertz CT molecular complexity index is 338. The van der Waals surface area contributed by atoms with Gasteiger partial charge in [-0.15, -0.1) is 11.8 Å². The summed E-state index contributed by atoms with van der Waals surface area (Å²) in [5.74, 6) is 1.80. The lowest BCUT2D eigenvalue weighted by molar-refractivity contribution is 0.112. The average Bonchev–Trinajstić information content (AvgIpc) is 2.26. The number of hydrogen-bond acceptors (Lipinski definition) is 2. The third-order valence-corrected chi connectivity index (χ3v) is 3.98. The van der Waals surface area contributed by atoms with E-state index >= 15 is 0 Å². The summed E-state index contributed by atoms with van der Waals surface area (Å²) in [6.07, 6.45) is 1.97. The zero-order valence-electron chi connectivity index (χ0n) is 9.00. The Morgan fingerprint density at radius 3 is 2.80 bits per heavy atom. The summed E-state index contributed by atoms with van der Waals surface area (Å²) in [4.78, 5) is 11.7. The third-order valence-electron chi connectivity index (χ3n) is 2.33. The van der Waals surface area contributed by atoms with Crippen LogP contribution >= 0.6 is 23.4 Å². The Morgan fingerprint density at radius 1 is 1.53 bits per heavy atom. The minimum Gasteiger partial charge on any atom is -0.298 e. The molecule has 0 aliphatic rings. The van der Waals surface area contributed by atoms with Crippen LogP contribution in [0.15, 0.2) is 23.1 Å². The first-order chi connectivity index (χ1) is 7.17. The zero-order valence-corrected chi connectivity index (χ0v) is 10.6. The molecule has 3 heteroatoms. The molecule has 0 N–H and O–H groups in total. The standard InChI is InChI=1S/C12H15ClOS/c1-3-9(2)8-15-11-5-4-10(7-14)12(13)6-11/h4-7,9H,3,8H2,1-2H3. The summed E-state index contributed by atoms with van der Waals surface area (Å²) in [6.45, 7) is 4.42. The SMILES string of the molecule is CCC(C)CSc1ccc(C=O)c(Cl)c1. The number of aldehydes is 1. The summed E-state index contributed by atoms with van der Waals surface area (Å²) in [7, 11) is 0. The van der Waals surface area contributed by atoms with Crippen molar-refractivity contribution in [2.45, 2.75) is 25.2 Å². The van der Waals surface area contributed by atoms with E-state index in [0.717, 1.165) is 16.9 Å². The summed E-state index contributed by atoms with van der Waals surface area (Å²) in [6, 6.07) is 5.58. The smallest absolute Gasteiger partial charge is 0.151 e. The van der Waals surface area contributed by atoms with Gasteiger partial charge in [-0.05, 0) is 24.1 Å². The van der Waals surface area contributed by atoms with Crippen LogP contribution in [-0.4, -0.2) is 12.0 Å². The van der Waals surface area contributed by atoms with Crippen molar-refractivity contribution >= 4 is 29.6 Å². The van der Waals surface area contributed by atoms with Crippen molar-refractivity contribution in [3.05, 3.63) is 28.8 Å². The van der Waals surface area contributed by atoms with Crippen molar-refractivity contribution in [2.75, 3.05) is 5.75 Å². The first-order valence-electron chi connectivity index (χ1n) is 5.05. The van der Waals surface area contributed by atoms with Crippen LogP contribution in [-0.2, 0) is 0 Å². The van der Waals surface area contributed by atoms with Crippen molar-refractivity contribution in [1.29, 1.82) is 0 Å². The van der Waals surface area contributed by atoms with Gasteiger partial charge < -0.3 is 0 Å². The largest absolute Gasteiger partial charge is 0.298 e. The first kappa shape index (κ1) is 12.6. The Balaban J connectivity index is 2.63. The molecule has 1 aromatic carbocycles. The molecule has 15 heavy (non-hydrogen) atoms. The van der Waals surface area contributed by atoms with E-state index < -0.39 is 0 Å². The lowest BCUT2D eigenvalue weighted by Gasteiger charge is -2.08. The highest BCUT2D eigenvalue weighted by Gasteiger charge is 2.03. The van der Waals surface area contributed by atoms with Gasteiger partial charge in [-0.25, -0.2) is 0 Å². The Kier molecular flexibility index (Phi) is 5.20. The molecule has 0 saturated carbocycles. The van der Waals surface area contributed by atoms with Crippen molar-refractivity contribution in [3.63, 3.8) is 0 Å². The second-order valence-corrected chi connectivity index (χ2v) is 5.13. The van der Waals surface area contributed by atoms with Gasteiger partial charge in [-0.3, -0.25) is 4.79 Å². The highest BCUT2D eigenvalue weighted by Crippen LogP contribution is 2.26. The average molecular weight is 243 g/mol. The summed E-state index contributed by atoms with van der Waals surface area (Å²) in [5.41, 5.74) is 0.560. The zero-order chi connectivity index (χ0) is 11.3. The van der Waals surface area contributed by atoms with Gasteiger partial charge in [0.25, 0.3) is 0 Å². The van der Waals surface area contributed by atoms with Gasteiger partial charge >= 0.3 is 0 Å². The molecule has 1 rings (SSSR count). The van der Waals surface area contributed by atoms with E-state index in [1.807, 2.05) is 12.1 Å². The monoisotopic (exact) mass is 242 g/mol. The lowest BCUT2D eigenvalue weighted by Crippen LogP contribution is -1.95. The molecule has 0 aliphatic heterocycles. The van der Waals surface area contributed by atoms with Gasteiger partial charge in [0.05, 0.1) is 5.02 Å². The van der Waals surface area contributed by atoms with E-state index in [-0.39, 0.29) is 0 Å². The van der Waals surface area contributed by atoms with Crippen molar-refractivity contribution in [3.8, 4) is 0 Å². The molecule has 1 aromatic rings. The highest BCUT2D eigenvalue weighted by atomic mass is 35.5. The normalized spacial score (nSPS) is 12.5. The van der Waals surface area contributed by atoms with E-state index in [4.69, 9.17) is 11.6 Å². The Labute approximate surface area is 100 Å². The molecule has 1 unspecified atom stereocenters. The van der Waals surface area contributed by atoms with Crippen LogP contribution in [0.2, 0.25) is 5.02 Å². The second-order valence-electron chi connectivity index (χ2n) is 3.63. The Hall–Kier alpha value is -0.470. The molecular weight excluding hydrogens is 228 g/mol. The van der Waals surface area contributed by atoms with Crippen LogP contribution in [0.3, 0.4) is 0 Å². The number of benzene rings is 1. The summed E-state index contributed by atoms with van der Waals surface area (Å²) in [5, 5.41) is 0.541. The minimum absolute atomic E-state index is 0.541. The molecule has 0 amide bonds. The molecule has 0 aliphatic carbocycles.